The van der Waals surface area contributed by atoms with Crippen LogP contribution in [0, 0.1) is 0 Å². The SMILES string of the molecule is c1ccc(-c2[nH]ncc2CNCC[C@H]2CCCO2)cc1. The van der Waals surface area contributed by atoms with E-state index in [4.69, 9.17) is 4.74 Å². The summed E-state index contributed by atoms with van der Waals surface area (Å²) in [4.78, 5) is 0. The van der Waals surface area contributed by atoms with Crippen LogP contribution >= 0.6 is 0 Å². The lowest BCUT2D eigenvalue weighted by Gasteiger charge is -2.10. The van der Waals surface area contributed by atoms with Crippen molar-refractivity contribution in [3.63, 3.8) is 0 Å². The molecule has 106 valence electrons. The number of benzene rings is 1. The van der Waals surface area contributed by atoms with E-state index in [1.165, 1.54) is 24.0 Å². The van der Waals surface area contributed by atoms with Crippen molar-refractivity contribution >= 4 is 0 Å². The number of H-pyrrole nitrogens is 1. The lowest BCUT2D eigenvalue weighted by molar-refractivity contribution is 0.104. The summed E-state index contributed by atoms with van der Waals surface area (Å²) in [5.41, 5.74) is 3.50. The fourth-order valence-corrected chi connectivity index (χ4v) is 2.66. The summed E-state index contributed by atoms with van der Waals surface area (Å²) in [6.07, 6.45) is 5.88. The topological polar surface area (TPSA) is 49.9 Å². The molecule has 2 heterocycles. The van der Waals surface area contributed by atoms with Crippen LogP contribution in [0.25, 0.3) is 11.3 Å². The van der Waals surface area contributed by atoms with Gasteiger partial charge < -0.3 is 10.1 Å². The largest absolute Gasteiger partial charge is 0.378 e. The number of hydrogen-bond donors (Lipinski definition) is 2. The molecule has 0 spiro atoms. The highest BCUT2D eigenvalue weighted by molar-refractivity contribution is 5.62. The van der Waals surface area contributed by atoms with Crippen LogP contribution in [0.3, 0.4) is 0 Å². The van der Waals surface area contributed by atoms with Gasteiger partial charge in [0.2, 0.25) is 0 Å². The van der Waals surface area contributed by atoms with Gasteiger partial charge in [0.1, 0.15) is 0 Å². The number of nitrogens with one attached hydrogen (secondary N) is 2. The molecule has 0 bridgehead atoms. The Hall–Kier alpha value is -1.65. The molecule has 3 rings (SSSR count). The third kappa shape index (κ3) is 3.26. The Morgan fingerprint density at radius 2 is 2.20 bits per heavy atom. The number of hydrogen-bond acceptors (Lipinski definition) is 3. The van der Waals surface area contributed by atoms with Crippen molar-refractivity contribution in [1.82, 2.24) is 15.5 Å². The van der Waals surface area contributed by atoms with Crippen LogP contribution in [0.2, 0.25) is 0 Å². The van der Waals surface area contributed by atoms with Gasteiger partial charge in [-0.15, -0.1) is 0 Å². The second-order valence-corrected chi connectivity index (χ2v) is 5.24. The fraction of sp³-hybridized carbons (Fsp3) is 0.438. The molecule has 0 aliphatic carbocycles. The highest BCUT2D eigenvalue weighted by atomic mass is 16.5. The first-order chi connectivity index (χ1) is 9.93. The molecule has 2 N–H and O–H groups in total. The van der Waals surface area contributed by atoms with Crippen molar-refractivity contribution in [2.75, 3.05) is 13.2 Å². The fourth-order valence-electron chi connectivity index (χ4n) is 2.66. The van der Waals surface area contributed by atoms with Gasteiger partial charge in [0.25, 0.3) is 0 Å². The van der Waals surface area contributed by atoms with E-state index < -0.39 is 0 Å². The first-order valence-corrected chi connectivity index (χ1v) is 7.33. The normalized spacial score (nSPS) is 18.5. The van der Waals surface area contributed by atoms with Gasteiger partial charge in [-0.05, 0) is 31.4 Å². The molecule has 2 aromatic rings. The number of aromatic amines is 1. The average Bonchev–Trinajstić information content (AvgIpc) is 3.16. The van der Waals surface area contributed by atoms with Gasteiger partial charge >= 0.3 is 0 Å². The Labute approximate surface area is 119 Å². The van der Waals surface area contributed by atoms with Gasteiger partial charge in [-0.2, -0.15) is 5.10 Å². The van der Waals surface area contributed by atoms with Gasteiger partial charge in [0.05, 0.1) is 18.0 Å². The molecule has 1 aromatic heterocycles. The Kier molecular flexibility index (Phi) is 4.46. The summed E-state index contributed by atoms with van der Waals surface area (Å²) in [5, 5.41) is 10.7. The first kappa shape index (κ1) is 13.3. The molecule has 0 unspecified atom stereocenters. The maximum atomic E-state index is 5.62. The van der Waals surface area contributed by atoms with Crippen LogP contribution in [-0.4, -0.2) is 29.5 Å². The summed E-state index contributed by atoms with van der Waals surface area (Å²) in [7, 11) is 0. The first-order valence-electron chi connectivity index (χ1n) is 7.33. The Balaban J connectivity index is 1.52. The van der Waals surface area contributed by atoms with Crippen LogP contribution in [0.4, 0.5) is 0 Å². The second-order valence-electron chi connectivity index (χ2n) is 5.24. The van der Waals surface area contributed by atoms with Gasteiger partial charge in [-0.3, -0.25) is 5.10 Å². The van der Waals surface area contributed by atoms with Crippen LogP contribution in [0.1, 0.15) is 24.8 Å². The molecule has 1 atom stereocenters. The quantitative estimate of drug-likeness (QED) is 0.794. The number of rotatable bonds is 6. The third-order valence-corrected chi connectivity index (χ3v) is 3.76. The van der Waals surface area contributed by atoms with E-state index in [0.717, 1.165) is 31.8 Å². The van der Waals surface area contributed by atoms with Crippen molar-refractivity contribution in [3.8, 4) is 11.3 Å². The van der Waals surface area contributed by atoms with E-state index in [9.17, 15) is 0 Å². The van der Waals surface area contributed by atoms with Gasteiger partial charge in [-0.1, -0.05) is 30.3 Å². The van der Waals surface area contributed by atoms with E-state index >= 15 is 0 Å². The Morgan fingerprint density at radius 3 is 3.00 bits per heavy atom. The zero-order valence-electron chi connectivity index (χ0n) is 11.6. The summed E-state index contributed by atoms with van der Waals surface area (Å²) < 4.78 is 5.62. The highest BCUT2D eigenvalue weighted by Gasteiger charge is 2.14. The molecule has 0 radical (unpaired) electrons. The van der Waals surface area contributed by atoms with Crippen LogP contribution in [0.5, 0.6) is 0 Å². The molecule has 20 heavy (non-hydrogen) atoms. The Bertz CT molecular complexity index is 518. The minimum absolute atomic E-state index is 0.459. The second kappa shape index (κ2) is 6.68. The maximum absolute atomic E-state index is 5.62. The van der Waals surface area contributed by atoms with Crippen LogP contribution < -0.4 is 5.32 Å². The van der Waals surface area contributed by atoms with Crippen molar-refractivity contribution < 1.29 is 4.74 Å². The van der Waals surface area contributed by atoms with Gasteiger partial charge in [0, 0.05) is 18.7 Å². The smallest absolute Gasteiger partial charge is 0.0695 e. The third-order valence-electron chi connectivity index (χ3n) is 3.76. The van der Waals surface area contributed by atoms with Gasteiger partial charge in [0.15, 0.2) is 0 Å². The molecule has 4 heteroatoms. The van der Waals surface area contributed by atoms with Crippen molar-refractivity contribution in [2.24, 2.45) is 0 Å². The zero-order chi connectivity index (χ0) is 13.6. The van der Waals surface area contributed by atoms with E-state index in [2.05, 4.69) is 27.6 Å². The van der Waals surface area contributed by atoms with E-state index in [1.807, 2.05) is 24.4 Å². The molecule has 0 saturated carbocycles. The Morgan fingerprint density at radius 1 is 1.30 bits per heavy atom. The standard InChI is InChI=1S/C16H21N3O/c1-2-5-13(6-3-1)16-14(12-18-19-16)11-17-9-8-15-7-4-10-20-15/h1-3,5-6,12,15,17H,4,7-11H2,(H,18,19)/t15-/m1/s1. The summed E-state index contributed by atoms with van der Waals surface area (Å²) in [6, 6.07) is 10.3. The summed E-state index contributed by atoms with van der Waals surface area (Å²) >= 11 is 0. The molecule has 1 aromatic carbocycles. The molecule has 0 amide bonds. The van der Waals surface area contributed by atoms with Crippen molar-refractivity contribution in [2.45, 2.75) is 31.9 Å². The van der Waals surface area contributed by atoms with Crippen LogP contribution in [-0.2, 0) is 11.3 Å². The molecule has 1 fully saturated rings. The van der Waals surface area contributed by atoms with E-state index in [1.54, 1.807) is 0 Å². The molecular weight excluding hydrogens is 250 g/mol. The number of ether oxygens (including phenoxy) is 1. The lowest BCUT2D eigenvalue weighted by Crippen LogP contribution is -2.19. The monoisotopic (exact) mass is 271 g/mol. The lowest BCUT2D eigenvalue weighted by atomic mass is 10.1. The van der Waals surface area contributed by atoms with Gasteiger partial charge in [-0.25, -0.2) is 0 Å². The predicted molar refractivity (Wildman–Crippen MR) is 79.3 cm³/mol. The summed E-state index contributed by atoms with van der Waals surface area (Å²) in [5.74, 6) is 0. The average molecular weight is 271 g/mol. The number of aromatic nitrogens is 2. The van der Waals surface area contributed by atoms with Crippen molar-refractivity contribution in [3.05, 3.63) is 42.1 Å². The highest BCUT2D eigenvalue weighted by Crippen LogP contribution is 2.20. The van der Waals surface area contributed by atoms with E-state index in [-0.39, 0.29) is 0 Å². The maximum Gasteiger partial charge on any atom is 0.0695 e. The molecule has 1 saturated heterocycles. The molecule has 4 nitrogen and oxygen atoms in total. The molecule has 1 aliphatic heterocycles. The summed E-state index contributed by atoms with van der Waals surface area (Å²) in [6.45, 7) is 2.77. The number of nitrogens with zero attached hydrogens (tertiary/aromatic N) is 1. The minimum Gasteiger partial charge on any atom is -0.378 e. The predicted octanol–water partition coefficient (Wildman–Crippen LogP) is 2.74. The zero-order valence-corrected chi connectivity index (χ0v) is 11.6. The molecular formula is C16H21N3O. The van der Waals surface area contributed by atoms with Crippen LogP contribution in [0.15, 0.2) is 36.5 Å². The molecule has 1 aliphatic rings. The van der Waals surface area contributed by atoms with E-state index in [0.29, 0.717) is 6.10 Å². The minimum atomic E-state index is 0.459. The van der Waals surface area contributed by atoms with Crippen molar-refractivity contribution in [1.29, 1.82) is 0 Å².